The second-order valence-corrected chi connectivity index (χ2v) is 13.2. The van der Waals surface area contributed by atoms with E-state index in [0.29, 0.717) is 17.0 Å². The summed E-state index contributed by atoms with van der Waals surface area (Å²) in [6, 6.07) is 27.5. The second-order valence-electron chi connectivity index (χ2n) is 13.2. The summed E-state index contributed by atoms with van der Waals surface area (Å²) in [5.41, 5.74) is 8.78. The van der Waals surface area contributed by atoms with Gasteiger partial charge < -0.3 is 9.64 Å². The SMILES string of the molecule is CCc1cccc(CC)c1N1C[C@H](C(=O)Oc2ccc(N3C(=O)[C@@H]4C5c6ccccc6C(c6ccccc65)[C@@H]4C3=O)c(C)c2)CC1=O. The Morgan fingerprint density at radius 3 is 1.77 bits per heavy atom. The Morgan fingerprint density at radius 2 is 1.28 bits per heavy atom. The lowest BCUT2D eigenvalue weighted by molar-refractivity contribution is -0.139. The minimum atomic E-state index is -0.597. The van der Waals surface area contributed by atoms with Crippen LogP contribution in [0.5, 0.6) is 5.75 Å². The number of aryl methyl sites for hydroxylation is 3. The van der Waals surface area contributed by atoms with Gasteiger partial charge in [0.05, 0.1) is 23.4 Å². The molecule has 0 saturated carbocycles. The predicted molar refractivity (Wildman–Crippen MR) is 179 cm³/mol. The first-order chi connectivity index (χ1) is 22.8. The molecule has 4 aromatic rings. The lowest BCUT2D eigenvalue weighted by Crippen LogP contribution is -2.41. The number of anilines is 2. The van der Waals surface area contributed by atoms with E-state index in [1.807, 2.05) is 49.4 Å². The number of carbonyl (C=O) groups is 4. The zero-order valence-electron chi connectivity index (χ0n) is 26.7. The molecule has 7 heteroatoms. The van der Waals surface area contributed by atoms with E-state index in [4.69, 9.17) is 4.74 Å². The standard InChI is InChI=1S/C40H36N2O5/c1-4-23-11-10-12-24(5-2)37(23)41-21-25(20-32(41)43)40(46)47-26-17-18-31(22(3)19-26)42-38(44)35-33-27-13-6-7-14-28(27)34(36(35)39(42)45)30-16-9-8-15-29(30)33/h6-19,25,33-36H,4-5,20-21H2,1-3H3/t25-,33?,34?,35-,36+/m1/s1. The van der Waals surface area contributed by atoms with Gasteiger partial charge in [0.1, 0.15) is 5.75 Å². The second kappa shape index (κ2) is 11.0. The van der Waals surface area contributed by atoms with Crippen molar-refractivity contribution in [2.24, 2.45) is 17.8 Å². The molecule has 2 fully saturated rings. The number of ether oxygens (including phenoxy) is 1. The van der Waals surface area contributed by atoms with Crippen LogP contribution in [0.1, 0.15) is 71.0 Å². The van der Waals surface area contributed by atoms with Gasteiger partial charge >= 0.3 is 5.97 Å². The van der Waals surface area contributed by atoms with Crippen LogP contribution in [0.25, 0.3) is 0 Å². The van der Waals surface area contributed by atoms with Gasteiger partial charge in [-0.3, -0.25) is 19.2 Å². The fourth-order valence-electron chi connectivity index (χ4n) is 8.70. The topological polar surface area (TPSA) is 84.0 Å². The molecule has 2 heterocycles. The van der Waals surface area contributed by atoms with Crippen LogP contribution >= 0.6 is 0 Å². The van der Waals surface area contributed by atoms with Crippen molar-refractivity contribution in [1.82, 2.24) is 0 Å². The highest BCUT2D eigenvalue weighted by Crippen LogP contribution is 2.61. The first kappa shape index (κ1) is 29.4. The van der Waals surface area contributed by atoms with Crippen molar-refractivity contribution >= 4 is 35.1 Å². The first-order valence-corrected chi connectivity index (χ1v) is 16.6. The Bertz CT molecular complexity index is 1860. The molecule has 2 aliphatic heterocycles. The third kappa shape index (κ3) is 4.32. The maximum atomic E-state index is 14.2. The van der Waals surface area contributed by atoms with Crippen molar-refractivity contribution in [1.29, 1.82) is 0 Å². The summed E-state index contributed by atoms with van der Waals surface area (Å²) in [5.74, 6) is -2.48. The highest BCUT2D eigenvalue weighted by atomic mass is 16.5. The first-order valence-electron chi connectivity index (χ1n) is 16.6. The third-order valence-corrected chi connectivity index (χ3v) is 10.8. The number of benzene rings is 4. The van der Waals surface area contributed by atoms with E-state index in [1.54, 1.807) is 23.1 Å². The molecule has 7 nitrogen and oxygen atoms in total. The number of para-hydroxylation sites is 1. The van der Waals surface area contributed by atoms with Gasteiger partial charge in [-0.2, -0.15) is 0 Å². The molecule has 0 radical (unpaired) electrons. The van der Waals surface area contributed by atoms with Crippen LogP contribution in [0.2, 0.25) is 0 Å². The van der Waals surface area contributed by atoms with Gasteiger partial charge in [-0.1, -0.05) is 80.6 Å². The van der Waals surface area contributed by atoms with Gasteiger partial charge in [0.15, 0.2) is 0 Å². The molecular weight excluding hydrogens is 588 g/mol. The molecular formula is C40H36N2O5. The monoisotopic (exact) mass is 624 g/mol. The summed E-state index contributed by atoms with van der Waals surface area (Å²) in [7, 11) is 0. The molecule has 0 spiro atoms. The molecule has 0 N–H and O–H groups in total. The fraction of sp³-hybridized carbons (Fsp3) is 0.300. The van der Waals surface area contributed by atoms with Crippen LogP contribution in [0.4, 0.5) is 11.4 Å². The van der Waals surface area contributed by atoms with E-state index in [9.17, 15) is 19.2 Å². The van der Waals surface area contributed by atoms with Crippen LogP contribution in [-0.2, 0) is 32.0 Å². The molecule has 2 bridgehead atoms. The van der Waals surface area contributed by atoms with Crippen LogP contribution in [-0.4, -0.2) is 30.2 Å². The summed E-state index contributed by atoms with van der Waals surface area (Å²) in [6.45, 7) is 6.22. The molecule has 4 aromatic carbocycles. The molecule has 0 unspecified atom stereocenters. The van der Waals surface area contributed by atoms with E-state index < -0.39 is 23.7 Å². The van der Waals surface area contributed by atoms with E-state index in [2.05, 4.69) is 38.1 Å². The number of imide groups is 1. The Morgan fingerprint density at radius 1 is 0.745 bits per heavy atom. The maximum Gasteiger partial charge on any atom is 0.316 e. The minimum Gasteiger partial charge on any atom is -0.426 e. The molecule has 3 amide bonds. The summed E-state index contributed by atoms with van der Waals surface area (Å²) >= 11 is 0. The summed E-state index contributed by atoms with van der Waals surface area (Å²) in [6.07, 6.45) is 1.67. The van der Waals surface area contributed by atoms with Gasteiger partial charge in [-0.15, -0.1) is 0 Å². The van der Waals surface area contributed by atoms with Gasteiger partial charge in [0.25, 0.3) is 0 Å². The van der Waals surface area contributed by atoms with Crippen molar-refractivity contribution in [3.8, 4) is 5.75 Å². The van der Waals surface area contributed by atoms with Crippen LogP contribution < -0.4 is 14.5 Å². The lowest BCUT2D eigenvalue weighted by atomic mass is 9.55. The smallest absolute Gasteiger partial charge is 0.316 e. The predicted octanol–water partition coefficient (Wildman–Crippen LogP) is 6.47. The molecule has 0 aromatic heterocycles. The van der Waals surface area contributed by atoms with E-state index in [-0.39, 0.29) is 42.5 Å². The molecule has 3 atom stereocenters. The van der Waals surface area contributed by atoms with Crippen molar-refractivity contribution in [3.05, 3.63) is 124 Å². The van der Waals surface area contributed by atoms with Crippen molar-refractivity contribution in [3.63, 3.8) is 0 Å². The van der Waals surface area contributed by atoms with Crippen LogP contribution in [0.3, 0.4) is 0 Å². The largest absolute Gasteiger partial charge is 0.426 e. The zero-order chi connectivity index (χ0) is 32.6. The Hall–Kier alpha value is -5.04. The number of hydrogen-bond acceptors (Lipinski definition) is 5. The minimum absolute atomic E-state index is 0.0835. The summed E-state index contributed by atoms with van der Waals surface area (Å²) in [4.78, 5) is 58.0. The van der Waals surface area contributed by atoms with Gasteiger partial charge in [0.2, 0.25) is 17.7 Å². The number of carbonyl (C=O) groups excluding carboxylic acids is 4. The van der Waals surface area contributed by atoms with Crippen molar-refractivity contribution in [2.45, 2.75) is 51.9 Å². The lowest BCUT2D eigenvalue weighted by Gasteiger charge is -2.45. The molecule has 236 valence electrons. The maximum absolute atomic E-state index is 14.2. The quantitative estimate of drug-likeness (QED) is 0.139. The van der Waals surface area contributed by atoms with Gasteiger partial charge in [-0.25, -0.2) is 4.90 Å². The number of nitrogens with zero attached hydrogens (tertiary/aromatic N) is 2. The molecule has 2 saturated heterocycles. The number of esters is 1. The summed E-state index contributed by atoms with van der Waals surface area (Å²) < 4.78 is 5.81. The van der Waals surface area contributed by atoms with E-state index >= 15 is 0 Å². The zero-order valence-corrected chi connectivity index (χ0v) is 26.7. The van der Waals surface area contributed by atoms with E-state index in [1.165, 1.54) is 4.90 Å². The van der Waals surface area contributed by atoms with Gasteiger partial charge in [0, 0.05) is 30.5 Å². The molecule has 3 aliphatic carbocycles. The Labute approximate surface area is 274 Å². The van der Waals surface area contributed by atoms with E-state index in [0.717, 1.165) is 51.9 Å². The van der Waals surface area contributed by atoms with Crippen molar-refractivity contribution < 1.29 is 23.9 Å². The number of rotatable bonds is 6. The number of hydrogen-bond donors (Lipinski definition) is 0. The third-order valence-electron chi connectivity index (χ3n) is 10.8. The van der Waals surface area contributed by atoms with Crippen LogP contribution in [0.15, 0.2) is 84.9 Å². The average Bonchev–Trinajstić information content (AvgIpc) is 3.60. The normalized spacial score (nSPS) is 24.0. The number of amides is 3. The summed E-state index contributed by atoms with van der Waals surface area (Å²) in [5, 5.41) is 0. The highest BCUT2D eigenvalue weighted by molar-refractivity contribution is 6.23. The highest BCUT2D eigenvalue weighted by Gasteiger charge is 2.61. The Balaban J connectivity index is 1.04. The van der Waals surface area contributed by atoms with Crippen LogP contribution in [0, 0.1) is 24.7 Å². The van der Waals surface area contributed by atoms with Gasteiger partial charge in [-0.05, 0) is 76.9 Å². The Kier molecular flexibility index (Phi) is 6.90. The fourth-order valence-corrected chi connectivity index (χ4v) is 8.70. The molecule has 5 aliphatic rings. The average molecular weight is 625 g/mol. The molecule has 9 rings (SSSR count). The van der Waals surface area contributed by atoms with Crippen molar-refractivity contribution in [2.75, 3.05) is 16.3 Å². The molecule has 47 heavy (non-hydrogen) atoms.